The zero-order valence-electron chi connectivity index (χ0n) is 9.44. The van der Waals surface area contributed by atoms with Gasteiger partial charge in [0.1, 0.15) is 0 Å². The summed E-state index contributed by atoms with van der Waals surface area (Å²) in [7, 11) is 0. The minimum Gasteiger partial charge on any atom is -0.377 e. The van der Waals surface area contributed by atoms with Gasteiger partial charge < -0.3 is 10.1 Å². The van der Waals surface area contributed by atoms with Crippen molar-refractivity contribution in [3.63, 3.8) is 0 Å². The molecule has 1 rings (SSSR count). The number of rotatable bonds is 7. The SMILES string of the molecule is C=Cn1cc(CNCCOC(C)C)cn1. The molecular formula is C11H19N3O. The van der Waals surface area contributed by atoms with Gasteiger partial charge in [0, 0.05) is 31.0 Å². The minimum absolute atomic E-state index is 0.301. The third-order valence-corrected chi connectivity index (χ3v) is 1.90. The maximum atomic E-state index is 5.41. The highest BCUT2D eigenvalue weighted by Crippen LogP contribution is 1.96. The minimum atomic E-state index is 0.301. The summed E-state index contributed by atoms with van der Waals surface area (Å²) in [5.41, 5.74) is 1.15. The molecule has 0 radical (unpaired) electrons. The van der Waals surface area contributed by atoms with Crippen molar-refractivity contribution >= 4 is 6.20 Å². The Morgan fingerprint density at radius 3 is 3.07 bits per heavy atom. The van der Waals surface area contributed by atoms with E-state index in [0.29, 0.717) is 6.10 Å². The summed E-state index contributed by atoms with van der Waals surface area (Å²) in [6.45, 7) is 10.1. The van der Waals surface area contributed by atoms with Crippen LogP contribution in [0.5, 0.6) is 0 Å². The van der Waals surface area contributed by atoms with Crippen LogP contribution in [0, 0.1) is 0 Å². The highest BCUT2D eigenvalue weighted by Gasteiger charge is 1.96. The molecule has 4 heteroatoms. The number of nitrogens with one attached hydrogen (secondary N) is 1. The second kappa shape index (κ2) is 6.37. The van der Waals surface area contributed by atoms with Crippen LogP contribution < -0.4 is 5.32 Å². The molecule has 0 atom stereocenters. The van der Waals surface area contributed by atoms with Crippen LogP contribution in [0.1, 0.15) is 19.4 Å². The molecule has 0 fully saturated rings. The van der Waals surface area contributed by atoms with Gasteiger partial charge in [-0.2, -0.15) is 5.10 Å². The van der Waals surface area contributed by atoms with E-state index in [2.05, 4.69) is 17.0 Å². The first-order chi connectivity index (χ1) is 7.22. The van der Waals surface area contributed by atoms with E-state index >= 15 is 0 Å². The topological polar surface area (TPSA) is 39.1 Å². The van der Waals surface area contributed by atoms with Crippen molar-refractivity contribution in [3.05, 3.63) is 24.5 Å². The van der Waals surface area contributed by atoms with Crippen molar-refractivity contribution in [2.75, 3.05) is 13.2 Å². The molecule has 4 nitrogen and oxygen atoms in total. The molecule has 84 valence electrons. The van der Waals surface area contributed by atoms with Crippen molar-refractivity contribution < 1.29 is 4.74 Å². The number of hydrogen-bond donors (Lipinski definition) is 1. The summed E-state index contributed by atoms with van der Waals surface area (Å²) >= 11 is 0. The van der Waals surface area contributed by atoms with E-state index in [9.17, 15) is 0 Å². The molecule has 1 N–H and O–H groups in total. The second-order valence-corrected chi connectivity index (χ2v) is 3.61. The summed E-state index contributed by atoms with van der Waals surface area (Å²) in [4.78, 5) is 0. The Hall–Kier alpha value is -1.13. The zero-order chi connectivity index (χ0) is 11.1. The number of aromatic nitrogens is 2. The van der Waals surface area contributed by atoms with Crippen LogP contribution in [-0.4, -0.2) is 29.0 Å². The first kappa shape index (κ1) is 11.9. The third-order valence-electron chi connectivity index (χ3n) is 1.90. The quantitative estimate of drug-likeness (QED) is 0.692. The van der Waals surface area contributed by atoms with Crippen molar-refractivity contribution in [2.24, 2.45) is 0 Å². The molecule has 1 aromatic heterocycles. The number of ether oxygens (including phenoxy) is 1. The summed E-state index contributed by atoms with van der Waals surface area (Å²) in [5.74, 6) is 0. The fourth-order valence-electron chi connectivity index (χ4n) is 1.17. The Bertz CT molecular complexity index is 294. The molecule has 0 saturated carbocycles. The maximum Gasteiger partial charge on any atom is 0.0594 e. The van der Waals surface area contributed by atoms with E-state index in [-0.39, 0.29) is 0 Å². The van der Waals surface area contributed by atoms with Gasteiger partial charge in [0.15, 0.2) is 0 Å². The van der Waals surface area contributed by atoms with E-state index in [0.717, 1.165) is 25.3 Å². The summed E-state index contributed by atoms with van der Waals surface area (Å²) in [6, 6.07) is 0. The number of hydrogen-bond acceptors (Lipinski definition) is 3. The Morgan fingerprint density at radius 2 is 2.47 bits per heavy atom. The van der Waals surface area contributed by atoms with E-state index < -0.39 is 0 Å². The van der Waals surface area contributed by atoms with Crippen LogP contribution in [0.15, 0.2) is 19.0 Å². The van der Waals surface area contributed by atoms with Gasteiger partial charge in [-0.05, 0) is 13.8 Å². The molecule has 1 heterocycles. The smallest absolute Gasteiger partial charge is 0.0594 e. The van der Waals surface area contributed by atoms with Gasteiger partial charge in [-0.15, -0.1) is 0 Å². The third kappa shape index (κ3) is 4.76. The standard InChI is InChI=1S/C11H19N3O/c1-4-14-9-11(8-13-14)7-12-5-6-15-10(2)3/h4,8-10,12H,1,5-7H2,2-3H3. The Labute approximate surface area is 90.9 Å². The second-order valence-electron chi connectivity index (χ2n) is 3.61. The predicted octanol–water partition coefficient (Wildman–Crippen LogP) is 1.50. The van der Waals surface area contributed by atoms with Crippen LogP contribution in [0.3, 0.4) is 0 Å². The van der Waals surface area contributed by atoms with Crippen LogP contribution >= 0.6 is 0 Å². The molecule has 0 aliphatic heterocycles. The normalized spacial score (nSPS) is 10.9. The average molecular weight is 209 g/mol. The lowest BCUT2D eigenvalue weighted by Crippen LogP contribution is -2.20. The molecule has 0 amide bonds. The summed E-state index contributed by atoms with van der Waals surface area (Å²) in [6.07, 6.45) is 5.75. The lowest BCUT2D eigenvalue weighted by molar-refractivity contribution is 0.0807. The highest BCUT2D eigenvalue weighted by molar-refractivity contribution is 5.17. The molecule has 0 spiro atoms. The van der Waals surface area contributed by atoms with Crippen LogP contribution in [-0.2, 0) is 11.3 Å². The molecule has 15 heavy (non-hydrogen) atoms. The number of nitrogens with zero attached hydrogens (tertiary/aromatic N) is 2. The van der Waals surface area contributed by atoms with Crippen molar-refractivity contribution in [1.29, 1.82) is 0 Å². The van der Waals surface area contributed by atoms with E-state index in [1.54, 1.807) is 10.9 Å². The van der Waals surface area contributed by atoms with Gasteiger partial charge in [0.05, 0.1) is 18.9 Å². The van der Waals surface area contributed by atoms with Crippen molar-refractivity contribution in [1.82, 2.24) is 15.1 Å². The van der Waals surface area contributed by atoms with Crippen molar-refractivity contribution in [2.45, 2.75) is 26.5 Å². The average Bonchev–Trinajstić information content (AvgIpc) is 2.65. The van der Waals surface area contributed by atoms with Crippen LogP contribution in [0.4, 0.5) is 0 Å². The Balaban J connectivity index is 2.12. The first-order valence-corrected chi connectivity index (χ1v) is 5.20. The molecule has 0 unspecified atom stereocenters. The van der Waals surface area contributed by atoms with E-state index in [1.807, 2.05) is 26.2 Å². The van der Waals surface area contributed by atoms with Gasteiger partial charge in [0.2, 0.25) is 0 Å². The van der Waals surface area contributed by atoms with Gasteiger partial charge in [0.25, 0.3) is 0 Å². The lowest BCUT2D eigenvalue weighted by atomic mass is 10.3. The predicted molar refractivity (Wildman–Crippen MR) is 61.4 cm³/mol. The molecular weight excluding hydrogens is 190 g/mol. The van der Waals surface area contributed by atoms with E-state index in [4.69, 9.17) is 4.74 Å². The molecule has 0 aromatic carbocycles. The van der Waals surface area contributed by atoms with Gasteiger partial charge in [-0.3, -0.25) is 0 Å². The van der Waals surface area contributed by atoms with Gasteiger partial charge in [-0.25, -0.2) is 4.68 Å². The monoisotopic (exact) mass is 209 g/mol. The van der Waals surface area contributed by atoms with E-state index in [1.165, 1.54) is 0 Å². The zero-order valence-corrected chi connectivity index (χ0v) is 9.44. The fourth-order valence-corrected chi connectivity index (χ4v) is 1.17. The first-order valence-electron chi connectivity index (χ1n) is 5.20. The van der Waals surface area contributed by atoms with Gasteiger partial charge >= 0.3 is 0 Å². The maximum absolute atomic E-state index is 5.41. The summed E-state index contributed by atoms with van der Waals surface area (Å²) in [5, 5.41) is 7.37. The lowest BCUT2D eigenvalue weighted by Gasteiger charge is -2.07. The highest BCUT2D eigenvalue weighted by atomic mass is 16.5. The van der Waals surface area contributed by atoms with Crippen LogP contribution in [0.2, 0.25) is 0 Å². The Kier molecular flexibility index (Phi) is 5.07. The van der Waals surface area contributed by atoms with Crippen molar-refractivity contribution in [3.8, 4) is 0 Å². The fraction of sp³-hybridized carbons (Fsp3) is 0.545. The molecule has 1 aromatic rings. The largest absolute Gasteiger partial charge is 0.377 e. The molecule has 0 aliphatic carbocycles. The molecule has 0 saturated heterocycles. The van der Waals surface area contributed by atoms with Gasteiger partial charge in [-0.1, -0.05) is 6.58 Å². The molecule has 0 bridgehead atoms. The van der Waals surface area contributed by atoms with Crippen LogP contribution in [0.25, 0.3) is 6.20 Å². The molecule has 0 aliphatic rings. The summed E-state index contributed by atoms with van der Waals surface area (Å²) < 4.78 is 7.10. The Morgan fingerprint density at radius 1 is 1.67 bits per heavy atom.